The van der Waals surface area contributed by atoms with Crippen LogP contribution in [0.25, 0.3) is 27.8 Å². The van der Waals surface area contributed by atoms with Crippen molar-refractivity contribution in [3.05, 3.63) is 84.3 Å². The van der Waals surface area contributed by atoms with E-state index in [0.29, 0.717) is 22.5 Å². The summed E-state index contributed by atoms with van der Waals surface area (Å²) < 4.78 is 43.0. The van der Waals surface area contributed by atoms with E-state index in [9.17, 15) is 8.42 Å². The molecule has 0 aliphatic carbocycles. The predicted octanol–water partition coefficient (Wildman–Crippen LogP) is 3.65. The first-order valence-electron chi connectivity index (χ1n) is 10.1. The second-order valence-corrected chi connectivity index (χ2v) is 9.83. The molecule has 3 heterocycles. The monoisotopic (exact) mass is 462 g/mol. The fourth-order valence-corrected chi connectivity index (χ4v) is 4.49. The van der Waals surface area contributed by atoms with Crippen molar-refractivity contribution in [1.29, 1.82) is 0 Å². The average molecular weight is 463 g/mol. The zero-order valence-corrected chi connectivity index (χ0v) is 18.6. The van der Waals surface area contributed by atoms with Crippen LogP contribution < -0.4 is 0 Å². The van der Waals surface area contributed by atoms with Crippen LogP contribution in [-0.4, -0.2) is 51.6 Å². The molecule has 0 N–H and O–H groups in total. The Morgan fingerprint density at radius 1 is 0.970 bits per heavy atom. The summed E-state index contributed by atoms with van der Waals surface area (Å²) in [4.78, 5) is 4.40. The smallest absolute Gasteiger partial charge is 0.242 e. The van der Waals surface area contributed by atoms with Gasteiger partial charge in [0.2, 0.25) is 10.0 Å². The first kappa shape index (κ1) is 21.1. The van der Waals surface area contributed by atoms with Crippen LogP contribution >= 0.6 is 0 Å². The normalized spacial score (nSPS) is 13.1. The van der Waals surface area contributed by atoms with Gasteiger partial charge in [0.15, 0.2) is 17.6 Å². The summed E-state index contributed by atoms with van der Waals surface area (Å²) in [6.45, 7) is 0. The van der Waals surface area contributed by atoms with Crippen molar-refractivity contribution in [3.8, 4) is 11.3 Å². The number of benzene rings is 2. The minimum atomic E-state index is -3.61. The molecule has 33 heavy (non-hydrogen) atoms. The number of hydrogen-bond acceptors (Lipinski definition) is 6. The highest BCUT2D eigenvalue weighted by atomic mass is 32.2. The Balaban J connectivity index is 1.57. The second kappa shape index (κ2) is 7.98. The molecule has 5 aromatic rings. The van der Waals surface area contributed by atoms with Crippen LogP contribution in [0.5, 0.6) is 0 Å². The molecular weight excluding hydrogens is 443 g/mol. The quantitative estimate of drug-likeness (QED) is 0.396. The van der Waals surface area contributed by atoms with Crippen molar-refractivity contribution in [1.82, 2.24) is 29.1 Å². The molecule has 0 radical (unpaired) electrons. The molecule has 0 aliphatic heterocycles. The zero-order chi connectivity index (χ0) is 23.2. The van der Waals surface area contributed by atoms with E-state index in [1.165, 1.54) is 30.7 Å². The van der Waals surface area contributed by atoms with Gasteiger partial charge in [0.1, 0.15) is 0 Å². The van der Waals surface area contributed by atoms with E-state index < -0.39 is 16.2 Å². The van der Waals surface area contributed by atoms with Crippen LogP contribution in [0.4, 0.5) is 4.39 Å². The molecule has 0 fully saturated rings. The number of aromatic nitrogens is 5. The Labute approximate surface area is 189 Å². The molecule has 5 rings (SSSR count). The predicted molar refractivity (Wildman–Crippen MR) is 122 cm³/mol. The zero-order valence-electron chi connectivity index (χ0n) is 17.8. The van der Waals surface area contributed by atoms with Gasteiger partial charge in [-0.05, 0) is 48.0 Å². The van der Waals surface area contributed by atoms with E-state index in [1.54, 1.807) is 54.7 Å². The lowest BCUT2D eigenvalue weighted by atomic mass is 10.1. The van der Waals surface area contributed by atoms with Crippen molar-refractivity contribution >= 4 is 26.6 Å². The average Bonchev–Trinajstić information content (AvgIpc) is 3.26. The number of nitrogens with zero attached hydrogens (tertiary/aromatic N) is 6. The molecule has 10 heteroatoms. The van der Waals surface area contributed by atoms with E-state index in [-0.39, 0.29) is 10.7 Å². The molecular formula is C23H19FN6O2S. The molecule has 0 amide bonds. The van der Waals surface area contributed by atoms with E-state index in [2.05, 4.69) is 20.3 Å². The summed E-state index contributed by atoms with van der Waals surface area (Å²) in [6, 6.07) is 18.6. The summed E-state index contributed by atoms with van der Waals surface area (Å²) in [6.07, 6.45) is 0.123. The largest absolute Gasteiger partial charge is 0.256 e. The molecule has 2 aromatic carbocycles. The Morgan fingerprint density at radius 2 is 1.82 bits per heavy atom. The van der Waals surface area contributed by atoms with Gasteiger partial charge >= 0.3 is 0 Å². The molecule has 3 aromatic heterocycles. The van der Waals surface area contributed by atoms with Crippen LogP contribution in [0.3, 0.4) is 0 Å². The highest BCUT2D eigenvalue weighted by Crippen LogP contribution is 2.28. The van der Waals surface area contributed by atoms with Crippen molar-refractivity contribution in [3.63, 3.8) is 0 Å². The summed E-state index contributed by atoms with van der Waals surface area (Å²) >= 11 is 0. The Kier molecular flexibility index (Phi) is 5.10. The minimum absolute atomic E-state index is 0.0344. The topological polar surface area (TPSA) is 93.4 Å². The summed E-state index contributed by atoms with van der Waals surface area (Å²) in [7, 11) is -0.661. The van der Waals surface area contributed by atoms with Crippen molar-refractivity contribution < 1.29 is 12.8 Å². The minimum Gasteiger partial charge on any atom is -0.256 e. The van der Waals surface area contributed by atoms with Crippen LogP contribution in [-0.2, 0) is 10.0 Å². The molecule has 0 spiro atoms. The maximum atomic E-state index is 15.5. The molecule has 8 nitrogen and oxygen atoms in total. The van der Waals surface area contributed by atoms with Gasteiger partial charge < -0.3 is 0 Å². The van der Waals surface area contributed by atoms with E-state index in [1.807, 2.05) is 6.07 Å². The fourth-order valence-electron chi connectivity index (χ4n) is 3.54. The lowest BCUT2D eigenvalue weighted by molar-refractivity contribution is 0.377. The third kappa shape index (κ3) is 3.73. The summed E-state index contributed by atoms with van der Waals surface area (Å²) in [5.74, 6) is 0.0344. The Bertz CT molecular complexity index is 1600. The summed E-state index contributed by atoms with van der Waals surface area (Å²) in [5.41, 5.74) is 2.61. The highest BCUT2D eigenvalue weighted by molar-refractivity contribution is 7.89. The van der Waals surface area contributed by atoms with Gasteiger partial charge in [-0.1, -0.05) is 24.3 Å². The maximum absolute atomic E-state index is 15.5. The number of sulfonamides is 1. The number of rotatable bonds is 5. The SMILES string of the molecule is CN(C)S(=O)(=O)c1cccc(-c2ccc3nnc(C(F)c4ccc5ncccc5c4)n3n2)c1. The summed E-state index contributed by atoms with van der Waals surface area (Å²) in [5, 5.41) is 13.4. The molecule has 166 valence electrons. The molecule has 0 aliphatic rings. The highest BCUT2D eigenvalue weighted by Gasteiger charge is 2.22. The lowest BCUT2D eigenvalue weighted by Gasteiger charge is -2.12. The lowest BCUT2D eigenvalue weighted by Crippen LogP contribution is -2.22. The standard InChI is InChI=1S/C23H19FN6O2S/c1-29(2)33(31,32)18-7-3-5-16(14-18)20-10-11-21-26-27-23(30(21)28-20)22(24)17-8-9-19-15(13-17)6-4-12-25-19/h3-14,22H,1-2H3. The van der Waals surface area contributed by atoms with Gasteiger partial charge in [0.25, 0.3) is 0 Å². The Morgan fingerprint density at radius 3 is 2.64 bits per heavy atom. The van der Waals surface area contributed by atoms with Crippen molar-refractivity contribution in [2.45, 2.75) is 11.1 Å². The van der Waals surface area contributed by atoms with Gasteiger partial charge in [-0.3, -0.25) is 4.98 Å². The van der Waals surface area contributed by atoms with Gasteiger partial charge in [-0.15, -0.1) is 10.2 Å². The van der Waals surface area contributed by atoms with Crippen LogP contribution in [0.1, 0.15) is 17.6 Å². The molecule has 1 atom stereocenters. The van der Waals surface area contributed by atoms with Crippen molar-refractivity contribution in [2.24, 2.45) is 0 Å². The van der Waals surface area contributed by atoms with Gasteiger partial charge in [0, 0.05) is 31.2 Å². The molecule has 0 saturated heterocycles. The van der Waals surface area contributed by atoms with E-state index in [4.69, 9.17) is 0 Å². The van der Waals surface area contributed by atoms with Gasteiger partial charge in [0.05, 0.1) is 16.1 Å². The number of alkyl halides is 1. The number of pyridine rings is 1. The number of halogens is 1. The number of hydrogen-bond donors (Lipinski definition) is 0. The van der Waals surface area contributed by atoms with E-state index in [0.717, 1.165) is 15.2 Å². The van der Waals surface area contributed by atoms with Crippen molar-refractivity contribution in [2.75, 3.05) is 14.1 Å². The van der Waals surface area contributed by atoms with Gasteiger partial charge in [-0.25, -0.2) is 17.1 Å². The second-order valence-electron chi connectivity index (χ2n) is 7.68. The molecule has 0 saturated carbocycles. The maximum Gasteiger partial charge on any atom is 0.242 e. The third-order valence-electron chi connectivity index (χ3n) is 5.34. The number of fused-ring (bicyclic) bond motifs is 2. The Hall–Kier alpha value is -3.76. The van der Waals surface area contributed by atoms with Crippen LogP contribution in [0.15, 0.2) is 77.8 Å². The molecule has 1 unspecified atom stereocenters. The first-order chi connectivity index (χ1) is 15.8. The van der Waals surface area contributed by atoms with Gasteiger partial charge in [-0.2, -0.15) is 9.61 Å². The fraction of sp³-hybridized carbons (Fsp3) is 0.130. The third-order valence-corrected chi connectivity index (χ3v) is 7.15. The van der Waals surface area contributed by atoms with Crippen LogP contribution in [0.2, 0.25) is 0 Å². The first-order valence-corrected chi connectivity index (χ1v) is 11.5. The molecule has 0 bridgehead atoms. The van der Waals surface area contributed by atoms with Crippen LogP contribution in [0, 0.1) is 0 Å². The van der Waals surface area contributed by atoms with E-state index >= 15 is 4.39 Å².